The summed E-state index contributed by atoms with van der Waals surface area (Å²) in [6.45, 7) is 0.659. The fraction of sp³-hybridized carbons (Fsp3) is 0.300. The van der Waals surface area contributed by atoms with E-state index < -0.39 is 0 Å². The van der Waals surface area contributed by atoms with Crippen LogP contribution in [-0.4, -0.2) is 19.6 Å². The smallest absolute Gasteiger partial charge is 0.226 e. The van der Waals surface area contributed by atoms with Crippen LogP contribution in [0.1, 0.15) is 6.42 Å². The molecular formula is C10H12N2O2. The van der Waals surface area contributed by atoms with E-state index in [-0.39, 0.29) is 5.91 Å². The van der Waals surface area contributed by atoms with Gasteiger partial charge in [-0.15, -0.1) is 0 Å². The SMILES string of the molecule is COc1cccc2c1NC(=O)CCN2. The molecule has 0 radical (unpaired) electrons. The van der Waals surface area contributed by atoms with Crippen LogP contribution < -0.4 is 15.4 Å². The van der Waals surface area contributed by atoms with E-state index in [0.717, 1.165) is 11.4 Å². The molecule has 1 aromatic carbocycles. The number of anilines is 2. The van der Waals surface area contributed by atoms with Crippen LogP contribution in [0, 0.1) is 0 Å². The molecule has 0 unspecified atom stereocenters. The van der Waals surface area contributed by atoms with Crippen molar-refractivity contribution in [3.05, 3.63) is 18.2 Å². The van der Waals surface area contributed by atoms with Gasteiger partial charge in [-0.2, -0.15) is 0 Å². The third-order valence-corrected chi connectivity index (χ3v) is 2.18. The lowest BCUT2D eigenvalue weighted by Gasteiger charge is -2.11. The van der Waals surface area contributed by atoms with E-state index in [0.29, 0.717) is 18.7 Å². The summed E-state index contributed by atoms with van der Waals surface area (Å²) in [4.78, 5) is 11.3. The largest absolute Gasteiger partial charge is 0.494 e. The first-order valence-corrected chi connectivity index (χ1v) is 4.52. The second-order valence-electron chi connectivity index (χ2n) is 3.11. The van der Waals surface area contributed by atoms with Crippen molar-refractivity contribution in [2.24, 2.45) is 0 Å². The maximum atomic E-state index is 11.3. The average molecular weight is 192 g/mol. The highest BCUT2D eigenvalue weighted by molar-refractivity contribution is 5.98. The molecule has 0 bridgehead atoms. The van der Waals surface area contributed by atoms with E-state index in [4.69, 9.17) is 4.74 Å². The number of fused-ring (bicyclic) bond motifs is 1. The van der Waals surface area contributed by atoms with Crippen molar-refractivity contribution in [3.8, 4) is 5.75 Å². The molecule has 0 spiro atoms. The Balaban J connectivity index is 2.45. The Labute approximate surface area is 82.3 Å². The maximum Gasteiger partial charge on any atom is 0.226 e. The monoisotopic (exact) mass is 192 g/mol. The summed E-state index contributed by atoms with van der Waals surface area (Å²) in [5.41, 5.74) is 1.65. The normalized spacial score (nSPS) is 14.8. The van der Waals surface area contributed by atoms with E-state index in [1.54, 1.807) is 7.11 Å². The molecule has 0 saturated carbocycles. The zero-order chi connectivity index (χ0) is 9.97. The average Bonchev–Trinajstić information content (AvgIpc) is 2.38. The number of rotatable bonds is 1. The fourth-order valence-corrected chi connectivity index (χ4v) is 1.49. The van der Waals surface area contributed by atoms with Crippen molar-refractivity contribution >= 4 is 17.3 Å². The first-order chi connectivity index (χ1) is 6.81. The Morgan fingerprint density at radius 1 is 1.43 bits per heavy atom. The maximum absolute atomic E-state index is 11.3. The van der Waals surface area contributed by atoms with Crippen LogP contribution in [0.4, 0.5) is 11.4 Å². The number of para-hydroxylation sites is 1. The van der Waals surface area contributed by atoms with Crippen LogP contribution in [-0.2, 0) is 4.79 Å². The number of hydrogen-bond acceptors (Lipinski definition) is 3. The van der Waals surface area contributed by atoms with Gasteiger partial charge in [-0.3, -0.25) is 4.79 Å². The Morgan fingerprint density at radius 2 is 2.29 bits per heavy atom. The summed E-state index contributed by atoms with van der Waals surface area (Å²) < 4.78 is 5.16. The van der Waals surface area contributed by atoms with Crippen LogP contribution in [0.25, 0.3) is 0 Å². The van der Waals surface area contributed by atoms with Crippen LogP contribution in [0.2, 0.25) is 0 Å². The van der Waals surface area contributed by atoms with E-state index >= 15 is 0 Å². The molecule has 0 aliphatic carbocycles. The van der Waals surface area contributed by atoms with Crippen LogP contribution in [0.15, 0.2) is 18.2 Å². The Kier molecular flexibility index (Phi) is 2.26. The van der Waals surface area contributed by atoms with E-state index in [9.17, 15) is 4.79 Å². The zero-order valence-corrected chi connectivity index (χ0v) is 7.96. The van der Waals surface area contributed by atoms with Crippen molar-refractivity contribution < 1.29 is 9.53 Å². The molecule has 2 N–H and O–H groups in total. The van der Waals surface area contributed by atoms with Gasteiger partial charge in [0.15, 0.2) is 0 Å². The molecule has 74 valence electrons. The minimum Gasteiger partial charge on any atom is -0.494 e. The predicted octanol–water partition coefficient (Wildman–Crippen LogP) is 1.45. The van der Waals surface area contributed by atoms with E-state index in [2.05, 4.69) is 10.6 Å². The van der Waals surface area contributed by atoms with E-state index in [1.807, 2.05) is 18.2 Å². The lowest BCUT2D eigenvalue weighted by molar-refractivity contribution is -0.115. The summed E-state index contributed by atoms with van der Waals surface area (Å²) in [6, 6.07) is 5.64. The minimum absolute atomic E-state index is 0.0146. The standard InChI is InChI=1S/C10H12N2O2/c1-14-8-4-2-3-7-10(8)12-9(13)5-6-11-7/h2-4,11H,5-6H2,1H3,(H,12,13). The summed E-state index contributed by atoms with van der Waals surface area (Å²) in [5.74, 6) is 0.700. The molecule has 1 aliphatic heterocycles. The highest BCUT2D eigenvalue weighted by atomic mass is 16.5. The summed E-state index contributed by atoms with van der Waals surface area (Å²) in [5, 5.41) is 5.98. The molecule has 2 rings (SSSR count). The van der Waals surface area contributed by atoms with Gasteiger partial charge in [0.05, 0.1) is 12.8 Å². The van der Waals surface area contributed by atoms with Crippen LogP contribution >= 0.6 is 0 Å². The van der Waals surface area contributed by atoms with Gasteiger partial charge in [0.2, 0.25) is 5.91 Å². The highest BCUT2D eigenvalue weighted by Crippen LogP contribution is 2.33. The second kappa shape index (κ2) is 3.57. The lowest BCUT2D eigenvalue weighted by Crippen LogP contribution is -2.11. The van der Waals surface area contributed by atoms with Crippen LogP contribution in [0.3, 0.4) is 0 Å². The highest BCUT2D eigenvalue weighted by Gasteiger charge is 2.15. The summed E-state index contributed by atoms with van der Waals surface area (Å²) >= 11 is 0. The topological polar surface area (TPSA) is 50.4 Å². The molecule has 0 saturated heterocycles. The van der Waals surface area contributed by atoms with Gasteiger partial charge in [0.25, 0.3) is 0 Å². The molecule has 1 aliphatic rings. The fourth-order valence-electron chi connectivity index (χ4n) is 1.49. The number of nitrogens with one attached hydrogen (secondary N) is 2. The Morgan fingerprint density at radius 3 is 3.07 bits per heavy atom. The number of carbonyl (C=O) groups excluding carboxylic acids is 1. The molecule has 1 amide bonds. The van der Waals surface area contributed by atoms with Crippen molar-refractivity contribution in [1.82, 2.24) is 0 Å². The molecular weight excluding hydrogens is 180 g/mol. The number of hydrogen-bond donors (Lipinski definition) is 2. The third kappa shape index (κ3) is 1.51. The molecule has 4 nitrogen and oxygen atoms in total. The van der Waals surface area contributed by atoms with Gasteiger partial charge in [-0.25, -0.2) is 0 Å². The molecule has 1 aromatic rings. The van der Waals surface area contributed by atoms with Crippen molar-refractivity contribution in [2.45, 2.75) is 6.42 Å². The molecule has 4 heteroatoms. The number of carbonyl (C=O) groups is 1. The van der Waals surface area contributed by atoms with Crippen molar-refractivity contribution in [1.29, 1.82) is 0 Å². The van der Waals surface area contributed by atoms with E-state index in [1.165, 1.54) is 0 Å². The Bertz CT molecular complexity index is 363. The van der Waals surface area contributed by atoms with Crippen LogP contribution in [0.5, 0.6) is 5.75 Å². The first kappa shape index (κ1) is 8.87. The first-order valence-electron chi connectivity index (χ1n) is 4.52. The van der Waals surface area contributed by atoms with Gasteiger partial charge in [-0.1, -0.05) is 6.07 Å². The lowest BCUT2D eigenvalue weighted by atomic mass is 10.2. The number of benzene rings is 1. The number of ether oxygens (including phenoxy) is 1. The number of methoxy groups -OCH3 is 1. The molecule has 0 aromatic heterocycles. The summed E-state index contributed by atoms with van der Waals surface area (Å²) in [7, 11) is 1.59. The summed E-state index contributed by atoms with van der Waals surface area (Å²) in [6.07, 6.45) is 0.484. The quantitative estimate of drug-likeness (QED) is 0.708. The molecule has 14 heavy (non-hydrogen) atoms. The molecule has 1 heterocycles. The van der Waals surface area contributed by atoms with Gasteiger partial charge >= 0.3 is 0 Å². The second-order valence-corrected chi connectivity index (χ2v) is 3.11. The molecule has 0 fully saturated rings. The van der Waals surface area contributed by atoms with Crippen molar-refractivity contribution in [2.75, 3.05) is 24.3 Å². The molecule has 0 atom stereocenters. The van der Waals surface area contributed by atoms with Crippen molar-refractivity contribution in [3.63, 3.8) is 0 Å². The number of amides is 1. The third-order valence-electron chi connectivity index (χ3n) is 2.18. The van der Waals surface area contributed by atoms with Gasteiger partial charge in [0, 0.05) is 13.0 Å². The predicted molar refractivity (Wildman–Crippen MR) is 54.7 cm³/mol. The zero-order valence-electron chi connectivity index (χ0n) is 7.96. The van der Waals surface area contributed by atoms with Gasteiger partial charge in [-0.05, 0) is 12.1 Å². The van der Waals surface area contributed by atoms with Gasteiger partial charge in [0.1, 0.15) is 11.4 Å². The minimum atomic E-state index is 0.0146. The Hall–Kier alpha value is -1.71. The van der Waals surface area contributed by atoms with Gasteiger partial charge < -0.3 is 15.4 Å².